The van der Waals surface area contributed by atoms with E-state index in [2.05, 4.69) is 0 Å². The fourth-order valence-electron chi connectivity index (χ4n) is 4.01. The van der Waals surface area contributed by atoms with E-state index in [1.54, 1.807) is 17.7 Å². The first-order chi connectivity index (χ1) is 15.1. The molecule has 7 heteroatoms. The molecule has 6 nitrogen and oxygen atoms in total. The van der Waals surface area contributed by atoms with Crippen LogP contribution < -0.4 is 5.56 Å². The molecule has 0 N–H and O–H groups in total. The van der Waals surface area contributed by atoms with Gasteiger partial charge in [0, 0.05) is 20.2 Å². The fourth-order valence-corrected chi connectivity index (χ4v) is 5.29. The zero-order chi connectivity index (χ0) is 21.8. The number of benzene rings is 2. The number of aromatic nitrogens is 2. The molecule has 162 valence electrons. The monoisotopic (exact) mass is 437 g/mol. The molecule has 0 aliphatic carbocycles. The maximum absolute atomic E-state index is 13.5. The summed E-state index contributed by atoms with van der Waals surface area (Å²) < 4.78 is 7.00. The van der Waals surface area contributed by atoms with Gasteiger partial charge in [-0.3, -0.25) is 14.2 Å². The molecule has 4 rings (SSSR count). The van der Waals surface area contributed by atoms with E-state index in [4.69, 9.17) is 9.72 Å². The van der Waals surface area contributed by atoms with E-state index in [9.17, 15) is 9.59 Å². The number of nitrogens with zero attached hydrogens (tertiary/aromatic N) is 3. The van der Waals surface area contributed by atoms with E-state index < -0.39 is 5.25 Å². The van der Waals surface area contributed by atoms with Gasteiger partial charge in [0.15, 0.2) is 5.16 Å². The van der Waals surface area contributed by atoms with Crippen molar-refractivity contribution in [2.75, 3.05) is 26.8 Å². The predicted octanol–water partition coefficient (Wildman–Crippen LogP) is 4.06. The van der Waals surface area contributed by atoms with Crippen molar-refractivity contribution in [1.82, 2.24) is 14.5 Å². The predicted molar refractivity (Wildman–Crippen MR) is 123 cm³/mol. The lowest BCUT2D eigenvalue weighted by Gasteiger charge is -2.25. The zero-order valence-electron chi connectivity index (χ0n) is 17.9. The Kier molecular flexibility index (Phi) is 6.73. The van der Waals surface area contributed by atoms with Gasteiger partial charge in [0.05, 0.1) is 23.6 Å². The Morgan fingerprint density at radius 2 is 1.77 bits per heavy atom. The van der Waals surface area contributed by atoms with Crippen molar-refractivity contribution in [2.45, 2.75) is 36.2 Å². The number of thioether (sulfide) groups is 1. The molecule has 2 aromatic carbocycles. The molecule has 0 bridgehead atoms. The summed E-state index contributed by atoms with van der Waals surface area (Å²) in [6, 6.07) is 16.9. The Bertz CT molecular complexity index is 1110. The zero-order valence-corrected chi connectivity index (χ0v) is 18.7. The van der Waals surface area contributed by atoms with Gasteiger partial charge in [-0.25, -0.2) is 4.98 Å². The Labute approximate surface area is 186 Å². The van der Waals surface area contributed by atoms with Crippen LogP contribution in [0.3, 0.4) is 0 Å². The van der Waals surface area contributed by atoms with Gasteiger partial charge in [0.1, 0.15) is 5.25 Å². The average Bonchev–Trinajstić information content (AvgIpc) is 3.33. The molecule has 2 atom stereocenters. The van der Waals surface area contributed by atoms with E-state index in [1.165, 1.54) is 11.8 Å². The molecular formula is C24H27N3O3S. The lowest BCUT2D eigenvalue weighted by Crippen LogP contribution is -2.33. The van der Waals surface area contributed by atoms with E-state index in [-0.39, 0.29) is 17.5 Å². The quantitative estimate of drug-likeness (QED) is 0.412. The Hall–Kier alpha value is -2.64. The Balaban J connectivity index is 1.82. The highest BCUT2D eigenvalue weighted by atomic mass is 32.2. The van der Waals surface area contributed by atoms with Gasteiger partial charge >= 0.3 is 0 Å². The van der Waals surface area contributed by atoms with Crippen molar-refractivity contribution in [2.24, 2.45) is 0 Å². The van der Waals surface area contributed by atoms with Gasteiger partial charge in [0.2, 0.25) is 5.91 Å². The van der Waals surface area contributed by atoms with Crippen LogP contribution in [0.2, 0.25) is 0 Å². The van der Waals surface area contributed by atoms with Crippen molar-refractivity contribution in [3.05, 3.63) is 70.5 Å². The summed E-state index contributed by atoms with van der Waals surface area (Å²) in [5.41, 5.74) is 1.44. The van der Waals surface area contributed by atoms with Crippen LogP contribution in [0.1, 0.15) is 36.6 Å². The van der Waals surface area contributed by atoms with Gasteiger partial charge in [-0.15, -0.1) is 0 Å². The number of likely N-dealkylation sites (tertiary alicyclic amines) is 1. The third-order valence-electron chi connectivity index (χ3n) is 5.59. The maximum atomic E-state index is 13.5. The molecule has 1 saturated heterocycles. The van der Waals surface area contributed by atoms with Crippen LogP contribution >= 0.6 is 11.8 Å². The van der Waals surface area contributed by atoms with Crippen LogP contribution in [0.15, 0.2) is 64.5 Å². The third-order valence-corrected chi connectivity index (χ3v) is 6.80. The molecule has 0 saturated carbocycles. The number of hydrogen-bond acceptors (Lipinski definition) is 5. The van der Waals surface area contributed by atoms with Gasteiger partial charge in [-0.05, 0) is 37.5 Å². The van der Waals surface area contributed by atoms with Crippen molar-refractivity contribution in [1.29, 1.82) is 0 Å². The van der Waals surface area contributed by atoms with Crippen LogP contribution in [0, 0.1) is 0 Å². The van der Waals surface area contributed by atoms with Crippen LogP contribution in [0.25, 0.3) is 10.9 Å². The van der Waals surface area contributed by atoms with Crippen molar-refractivity contribution >= 4 is 28.6 Å². The second-order valence-corrected chi connectivity index (χ2v) is 8.90. The summed E-state index contributed by atoms with van der Waals surface area (Å²) in [4.78, 5) is 33.6. The van der Waals surface area contributed by atoms with E-state index in [0.29, 0.717) is 22.7 Å². The van der Waals surface area contributed by atoms with Gasteiger partial charge < -0.3 is 9.64 Å². The second-order valence-electron chi connectivity index (χ2n) is 7.83. The molecule has 0 unspecified atom stereocenters. The highest BCUT2D eigenvalue weighted by Gasteiger charge is 2.31. The van der Waals surface area contributed by atoms with Gasteiger partial charge in [-0.1, -0.05) is 54.2 Å². The van der Waals surface area contributed by atoms with Crippen LogP contribution in [0.5, 0.6) is 0 Å². The Morgan fingerprint density at radius 1 is 1.10 bits per heavy atom. The van der Waals surface area contributed by atoms with Crippen LogP contribution in [0.4, 0.5) is 0 Å². The summed E-state index contributed by atoms with van der Waals surface area (Å²) in [5.74, 6) is 0.0713. The summed E-state index contributed by atoms with van der Waals surface area (Å²) in [5, 5.41) is 0.639. The van der Waals surface area contributed by atoms with Gasteiger partial charge in [0.25, 0.3) is 5.56 Å². The first kappa shape index (κ1) is 21.6. The number of hydrogen-bond donors (Lipinski definition) is 0. The molecule has 0 radical (unpaired) electrons. The summed E-state index contributed by atoms with van der Waals surface area (Å²) in [7, 11) is 1.62. The van der Waals surface area contributed by atoms with E-state index in [0.717, 1.165) is 31.5 Å². The standard InChI is InChI=1S/C24H27N3O3S/c1-17(16-30-2)27-22(28)19-12-6-7-13-20(19)25-24(27)31-21(18-10-4-3-5-11-18)23(29)26-14-8-9-15-26/h3-7,10-13,17,21H,8-9,14-16H2,1-2H3/t17-,21-/m1/s1. The number of carbonyl (C=O) groups excluding carboxylic acids is 1. The summed E-state index contributed by atoms with van der Waals surface area (Å²) in [6.45, 7) is 3.87. The first-order valence-corrected chi connectivity index (χ1v) is 11.5. The number of methoxy groups -OCH3 is 1. The van der Waals surface area contributed by atoms with Crippen LogP contribution in [-0.4, -0.2) is 47.2 Å². The topological polar surface area (TPSA) is 64.4 Å². The molecule has 1 amide bonds. The SMILES string of the molecule is COC[C@@H](C)n1c(S[C@@H](C(=O)N2CCCC2)c2ccccc2)nc2ccccc2c1=O. The maximum Gasteiger partial charge on any atom is 0.262 e. The minimum atomic E-state index is -0.464. The number of ether oxygens (including phenoxy) is 1. The molecule has 1 fully saturated rings. The third kappa shape index (κ3) is 4.52. The number of rotatable bonds is 7. The first-order valence-electron chi connectivity index (χ1n) is 10.6. The normalized spacial score (nSPS) is 15.9. The molecule has 1 aliphatic heterocycles. The largest absolute Gasteiger partial charge is 0.383 e. The lowest BCUT2D eigenvalue weighted by atomic mass is 10.1. The molecule has 0 spiro atoms. The Morgan fingerprint density at radius 3 is 2.48 bits per heavy atom. The molecular weight excluding hydrogens is 410 g/mol. The van der Waals surface area contributed by atoms with Crippen molar-refractivity contribution in [3.63, 3.8) is 0 Å². The number of carbonyl (C=O) groups is 1. The fraction of sp³-hybridized carbons (Fsp3) is 0.375. The molecule has 1 aliphatic rings. The number of para-hydroxylation sites is 1. The minimum absolute atomic E-state index is 0.0713. The smallest absolute Gasteiger partial charge is 0.262 e. The summed E-state index contributed by atoms with van der Waals surface area (Å²) >= 11 is 1.35. The molecule has 3 aromatic rings. The molecule has 31 heavy (non-hydrogen) atoms. The van der Waals surface area contributed by atoms with Crippen molar-refractivity contribution in [3.8, 4) is 0 Å². The van der Waals surface area contributed by atoms with Crippen LogP contribution in [-0.2, 0) is 9.53 Å². The highest BCUT2D eigenvalue weighted by Crippen LogP contribution is 2.37. The lowest BCUT2D eigenvalue weighted by molar-refractivity contribution is -0.129. The average molecular weight is 438 g/mol. The van der Waals surface area contributed by atoms with Crippen molar-refractivity contribution < 1.29 is 9.53 Å². The van der Waals surface area contributed by atoms with Gasteiger partial charge in [-0.2, -0.15) is 0 Å². The highest BCUT2D eigenvalue weighted by molar-refractivity contribution is 8.00. The summed E-state index contributed by atoms with van der Waals surface area (Å²) in [6.07, 6.45) is 2.06. The van der Waals surface area contributed by atoms with E-state index in [1.807, 2.05) is 60.4 Å². The second kappa shape index (κ2) is 9.66. The van der Waals surface area contributed by atoms with E-state index >= 15 is 0 Å². The molecule has 1 aromatic heterocycles. The number of amides is 1. The minimum Gasteiger partial charge on any atom is -0.383 e. The number of fused-ring (bicyclic) bond motifs is 1. The molecule has 2 heterocycles.